The van der Waals surface area contributed by atoms with Gasteiger partial charge in [-0.15, -0.1) is 0 Å². The monoisotopic (exact) mass is 542 g/mol. The number of fused-ring (bicyclic) bond motifs is 1. The molecule has 4 N–H and O–H groups in total. The van der Waals surface area contributed by atoms with Gasteiger partial charge in [-0.2, -0.15) is 0 Å². The summed E-state index contributed by atoms with van der Waals surface area (Å²) in [5.74, 6) is 2.26. The van der Waals surface area contributed by atoms with Crippen molar-refractivity contribution in [2.75, 3.05) is 24.3 Å². The number of carbonyl (C=O) groups is 1. The van der Waals surface area contributed by atoms with Crippen LogP contribution in [-0.4, -0.2) is 30.2 Å². The van der Waals surface area contributed by atoms with Crippen LogP contribution in [0.5, 0.6) is 17.2 Å². The first-order chi connectivity index (χ1) is 19.4. The lowest BCUT2D eigenvalue weighted by atomic mass is 10.0. The van der Waals surface area contributed by atoms with E-state index in [1.165, 1.54) is 0 Å². The second-order valence-corrected chi connectivity index (χ2v) is 9.69. The van der Waals surface area contributed by atoms with E-state index in [2.05, 4.69) is 22.5 Å². The molecule has 3 aromatic carbocycles. The highest BCUT2D eigenvalue weighted by atomic mass is 16.5. The van der Waals surface area contributed by atoms with E-state index in [9.17, 15) is 4.79 Å². The summed E-state index contributed by atoms with van der Waals surface area (Å²) >= 11 is 0. The molecule has 0 saturated carbocycles. The van der Waals surface area contributed by atoms with Crippen molar-refractivity contribution in [3.63, 3.8) is 0 Å². The summed E-state index contributed by atoms with van der Waals surface area (Å²) in [7, 11) is 0. The molecule has 4 rings (SSSR count). The van der Waals surface area contributed by atoms with Crippen LogP contribution in [0.2, 0.25) is 0 Å². The largest absolute Gasteiger partial charge is 0.493 e. The molecular weight excluding hydrogens is 504 g/mol. The maximum absolute atomic E-state index is 13.8. The summed E-state index contributed by atoms with van der Waals surface area (Å²) in [6, 6.07) is 20.3. The fourth-order valence-corrected chi connectivity index (χ4v) is 4.37. The predicted octanol–water partition coefficient (Wildman–Crippen LogP) is 6.26. The van der Waals surface area contributed by atoms with Crippen LogP contribution in [0, 0.1) is 0 Å². The van der Waals surface area contributed by atoms with Crippen LogP contribution in [0.1, 0.15) is 51.3 Å². The van der Waals surface area contributed by atoms with E-state index in [0.717, 1.165) is 39.8 Å². The molecule has 4 aromatic rings. The van der Waals surface area contributed by atoms with Crippen molar-refractivity contribution in [1.29, 1.82) is 0 Å². The minimum absolute atomic E-state index is 0.0169. The summed E-state index contributed by atoms with van der Waals surface area (Å²) in [6.07, 6.45) is 2.56. The third-order valence-electron chi connectivity index (χ3n) is 6.22. The zero-order valence-corrected chi connectivity index (χ0v) is 23.6. The SMILES string of the molecule is CCCOc1ccccc1CNC(=O)C(Nc1ccc2c(N)nccc2c1)c1ccc(OC(C)C)c(OCC)c1. The quantitative estimate of drug-likeness (QED) is 0.183. The predicted molar refractivity (Wildman–Crippen MR) is 160 cm³/mol. The fraction of sp³-hybridized carbons (Fsp3) is 0.312. The number of amides is 1. The zero-order valence-electron chi connectivity index (χ0n) is 23.6. The molecule has 210 valence electrons. The van der Waals surface area contributed by atoms with Gasteiger partial charge in [-0.1, -0.05) is 31.2 Å². The Balaban J connectivity index is 1.65. The van der Waals surface area contributed by atoms with Crippen molar-refractivity contribution in [3.8, 4) is 17.2 Å². The van der Waals surface area contributed by atoms with E-state index in [4.69, 9.17) is 19.9 Å². The number of anilines is 2. The van der Waals surface area contributed by atoms with Gasteiger partial charge in [0.25, 0.3) is 0 Å². The van der Waals surface area contributed by atoms with Gasteiger partial charge in [-0.3, -0.25) is 4.79 Å². The van der Waals surface area contributed by atoms with Crippen LogP contribution in [0.3, 0.4) is 0 Å². The number of carbonyl (C=O) groups excluding carboxylic acids is 1. The minimum atomic E-state index is -0.715. The lowest BCUT2D eigenvalue weighted by Crippen LogP contribution is -2.33. The lowest BCUT2D eigenvalue weighted by Gasteiger charge is -2.23. The van der Waals surface area contributed by atoms with E-state index in [1.54, 1.807) is 6.20 Å². The molecule has 1 amide bonds. The third-order valence-corrected chi connectivity index (χ3v) is 6.22. The highest BCUT2D eigenvalue weighted by Gasteiger charge is 2.23. The summed E-state index contributed by atoms with van der Waals surface area (Å²) in [5.41, 5.74) is 8.46. The van der Waals surface area contributed by atoms with E-state index >= 15 is 0 Å². The Morgan fingerprint density at radius 3 is 2.55 bits per heavy atom. The number of hydrogen-bond acceptors (Lipinski definition) is 7. The average Bonchev–Trinajstić information content (AvgIpc) is 2.95. The van der Waals surface area contributed by atoms with Gasteiger partial charge in [0.05, 0.1) is 19.3 Å². The molecule has 0 aliphatic carbocycles. The van der Waals surface area contributed by atoms with Gasteiger partial charge in [-0.05, 0) is 80.6 Å². The molecule has 0 radical (unpaired) electrons. The Kier molecular flexibility index (Phi) is 9.67. The number of nitrogens with one attached hydrogen (secondary N) is 2. The maximum Gasteiger partial charge on any atom is 0.247 e. The van der Waals surface area contributed by atoms with Gasteiger partial charge in [0.2, 0.25) is 5.91 Å². The third kappa shape index (κ3) is 7.14. The van der Waals surface area contributed by atoms with Gasteiger partial charge in [0.15, 0.2) is 11.5 Å². The lowest BCUT2D eigenvalue weighted by molar-refractivity contribution is -0.122. The van der Waals surface area contributed by atoms with Crippen molar-refractivity contribution in [2.24, 2.45) is 0 Å². The molecule has 1 unspecified atom stereocenters. The van der Waals surface area contributed by atoms with E-state index in [1.807, 2.05) is 87.5 Å². The molecule has 0 saturated heterocycles. The van der Waals surface area contributed by atoms with Crippen molar-refractivity contribution in [3.05, 3.63) is 84.1 Å². The van der Waals surface area contributed by atoms with Crippen LogP contribution in [-0.2, 0) is 11.3 Å². The molecule has 0 aliphatic heterocycles. The minimum Gasteiger partial charge on any atom is -0.493 e. The number of hydrogen-bond donors (Lipinski definition) is 3. The first-order valence-electron chi connectivity index (χ1n) is 13.7. The summed E-state index contributed by atoms with van der Waals surface area (Å²) in [5, 5.41) is 8.29. The number of aromatic nitrogens is 1. The summed E-state index contributed by atoms with van der Waals surface area (Å²) in [4.78, 5) is 17.9. The van der Waals surface area contributed by atoms with Crippen LogP contribution in [0.4, 0.5) is 11.5 Å². The number of ether oxygens (including phenoxy) is 3. The number of nitrogens with two attached hydrogens (primary N) is 1. The zero-order chi connectivity index (χ0) is 28.5. The number of benzene rings is 3. The number of para-hydroxylation sites is 1. The molecule has 0 fully saturated rings. The molecule has 8 nitrogen and oxygen atoms in total. The van der Waals surface area contributed by atoms with Gasteiger partial charge in [0, 0.05) is 29.4 Å². The summed E-state index contributed by atoms with van der Waals surface area (Å²) < 4.78 is 17.7. The molecule has 0 aliphatic rings. The molecule has 1 atom stereocenters. The Bertz CT molecular complexity index is 1440. The molecule has 0 spiro atoms. The smallest absolute Gasteiger partial charge is 0.247 e. The Hall–Kier alpha value is -4.46. The Labute approximate surface area is 235 Å². The maximum atomic E-state index is 13.8. The van der Waals surface area contributed by atoms with Crippen molar-refractivity contribution in [1.82, 2.24) is 10.3 Å². The van der Waals surface area contributed by atoms with Crippen molar-refractivity contribution < 1.29 is 19.0 Å². The van der Waals surface area contributed by atoms with E-state index in [-0.39, 0.29) is 12.0 Å². The molecule has 1 aromatic heterocycles. The van der Waals surface area contributed by atoms with E-state index < -0.39 is 6.04 Å². The number of pyridine rings is 1. The second-order valence-electron chi connectivity index (χ2n) is 9.69. The molecule has 8 heteroatoms. The molecule has 0 bridgehead atoms. The standard InChI is InChI=1S/C32H38N4O4/c1-5-17-39-27-10-8-7-9-24(27)20-35-32(37)30(23-11-14-28(40-21(3)4)29(19-23)38-6-2)36-25-12-13-26-22(18-25)15-16-34-31(26)33/h7-16,18-19,21,30,36H,5-6,17,20H2,1-4H3,(H2,33,34)(H,35,37). The van der Waals surface area contributed by atoms with E-state index in [0.29, 0.717) is 37.1 Å². The van der Waals surface area contributed by atoms with Gasteiger partial charge in [0.1, 0.15) is 17.6 Å². The highest BCUT2D eigenvalue weighted by Crippen LogP contribution is 2.33. The van der Waals surface area contributed by atoms with Gasteiger partial charge in [-0.25, -0.2) is 4.98 Å². The van der Waals surface area contributed by atoms with Crippen LogP contribution >= 0.6 is 0 Å². The number of rotatable bonds is 13. The van der Waals surface area contributed by atoms with Crippen LogP contribution in [0.15, 0.2) is 72.9 Å². The van der Waals surface area contributed by atoms with Crippen molar-refractivity contribution >= 4 is 28.2 Å². The normalized spacial score (nSPS) is 11.7. The van der Waals surface area contributed by atoms with Crippen molar-refractivity contribution in [2.45, 2.75) is 52.8 Å². The Morgan fingerprint density at radius 1 is 0.950 bits per heavy atom. The second kappa shape index (κ2) is 13.6. The molecular formula is C32H38N4O4. The molecule has 40 heavy (non-hydrogen) atoms. The topological polar surface area (TPSA) is 108 Å². The highest BCUT2D eigenvalue weighted by molar-refractivity contribution is 5.94. The fourth-order valence-electron chi connectivity index (χ4n) is 4.37. The number of nitrogen functional groups attached to an aromatic ring is 1. The Morgan fingerprint density at radius 2 is 1.77 bits per heavy atom. The number of nitrogens with zero attached hydrogens (tertiary/aromatic N) is 1. The van der Waals surface area contributed by atoms with Crippen LogP contribution < -0.4 is 30.6 Å². The average molecular weight is 543 g/mol. The van der Waals surface area contributed by atoms with Gasteiger partial charge < -0.3 is 30.6 Å². The first kappa shape index (κ1) is 28.5. The summed E-state index contributed by atoms with van der Waals surface area (Å²) in [6.45, 7) is 9.31. The van der Waals surface area contributed by atoms with Crippen LogP contribution in [0.25, 0.3) is 10.8 Å². The molecule has 1 heterocycles. The van der Waals surface area contributed by atoms with Gasteiger partial charge >= 0.3 is 0 Å². The first-order valence-corrected chi connectivity index (χ1v) is 13.7.